The number of amides is 1. The van der Waals surface area contributed by atoms with Gasteiger partial charge >= 0.3 is 0 Å². The first-order chi connectivity index (χ1) is 12.9. The van der Waals surface area contributed by atoms with Gasteiger partial charge in [-0.25, -0.2) is 13.9 Å². The maximum atomic E-state index is 13.1. The number of carbonyl (C=O) groups excluding carboxylic acids is 1. The Kier molecular flexibility index (Phi) is 6.01. The predicted molar refractivity (Wildman–Crippen MR) is 102 cm³/mol. The quantitative estimate of drug-likeness (QED) is 0.581. The van der Waals surface area contributed by atoms with Crippen LogP contribution in [0.15, 0.2) is 53.4 Å². The van der Waals surface area contributed by atoms with Crippen molar-refractivity contribution in [1.82, 2.24) is 9.79 Å². The summed E-state index contributed by atoms with van der Waals surface area (Å²) < 4.78 is 27.5. The Hall–Kier alpha value is -2.13. The summed E-state index contributed by atoms with van der Waals surface area (Å²) in [5.74, 6) is -0.662. The van der Waals surface area contributed by atoms with E-state index in [0.717, 1.165) is 5.69 Å². The Morgan fingerprint density at radius 1 is 1.04 bits per heavy atom. The molecule has 144 valence electrons. The van der Waals surface area contributed by atoms with Crippen LogP contribution in [0.4, 0.5) is 5.69 Å². The molecule has 1 saturated heterocycles. The number of hydroxylamine groups is 1. The molecule has 0 unspecified atom stereocenters. The third-order valence-corrected chi connectivity index (χ3v) is 6.75. The number of sulfonamides is 1. The first-order valence-corrected chi connectivity index (χ1v) is 10.2. The van der Waals surface area contributed by atoms with E-state index >= 15 is 0 Å². The second kappa shape index (κ2) is 8.26. The molecule has 1 aliphatic rings. The molecule has 1 aliphatic heterocycles. The summed E-state index contributed by atoms with van der Waals surface area (Å²) in [5.41, 5.74) is 2.88. The topological polar surface area (TPSA) is 90.0 Å². The van der Waals surface area contributed by atoms with Gasteiger partial charge in [-0.15, -0.1) is 0 Å². The van der Waals surface area contributed by atoms with Crippen LogP contribution in [0.1, 0.15) is 5.56 Å². The van der Waals surface area contributed by atoms with E-state index in [0.29, 0.717) is 36.8 Å². The molecule has 0 aromatic heterocycles. The predicted octanol–water partition coefficient (Wildman–Crippen LogP) is 1.90. The van der Waals surface area contributed by atoms with E-state index in [1.165, 1.54) is 15.9 Å². The van der Waals surface area contributed by atoms with Gasteiger partial charge in [-0.05, 0) is 35.9 Å². The number of piperazine rings is 1. The van der Waals surface area contributed by atoms with Crippen molar-refractivity contribution < 1.29 is 18.4 Å². The van der Waals surface area contributed by atoms with Gasteiger partial charge < -0.3 is 4.90 Å². The zero-order valence-electron chi connectivity index (χ0n) is 14.5. The molecule has 1 heterocycles. The molecule has 2 aromatic rings. The number of nitrogens with zero attached hydrogens (tertiary/aromatic N) is 2. The number of rotatable bonds is 5. The maximum absolute atomic E-state index is 13.1. The summed E-state index contributed by atoms with van der Waals surface area (Å²) in [5, 5.41) is 9.38. The van der Waals surface area contributed by atoms with E-state index in [-0.39, 0.29) is 11.3 Å². The molecule has 0 atom stereocenters. The molecular formula is C18H20ClN3O4S. The summed E-state index contributed by atoms with van der Waals surface area (Å²) in [6.07, 6.45) is -0.212. The molecule has 1 amide bonds. The largest absolute Gasteiger partial charge is 0.369 e. The van der Waals surface area contributed by atoms with Crippen LogP contribution >= 0.6 is 11.6 Å². The number of hydrogen-bond donors (Lipinski definition) is 2. The number of benzene rings is 2. The molecule has 2 aromatic carbocycles. The van der Waals surface area contributed by atoms with E-state index in [1.807, 2.05) is 24.3 Å². The molecule has 2 N–H and O–H groups in total. The molecule has 0 aliphatic carbocycles. The van der Waals surface area contributed by atoms with E-state index in [2.05, 4.69) is 4.90 Å². The highest BCUT2D eigenvalue weighted by Gasteiger charge is 2.30. The summed E-state index contributed by atoms with van der Waals surface area (Å²) in [6, 6.07) is 13.8. The Morgan fingerprint density at radius 2 is 1.67 bits per heavy atom. The molecule has 9 heteroatoms. The summed E-state index contributed by atoms with van der Waals surface area (Å²) >= 11 is 5.91. The fourth-order valence-corrected chi connectivity index (χ4v) is 4.86. The molecular weight excluding hydrogens is 390 g/mol. The first kappa shape index (κ1) is 19.6. The van der Waals surface area contributed by atoms with Gasteiger partial charge in [0.2, 0.25) is 15.9 Å². The van der Waals surface area contributed by atoms with Crippen LogP contribution in [-0.2, 0) is 21.2 Å². The van der Waals surface area contributed by atoms with Crippen LogP contribution < -0.4 is 10.4 Å². The number of carbonyl (C=O) groups is 1. The molecule has 0 radical (unpaired) electrons. The Balaban J connectivity index is 1.75. The highest BCUT2D eigenvalue weighted by Crippen LogP contribution is 2.24. The van der Waals surface area contributed by atoms with Crippen LogP contribution in [0, 0.1) is 0 Å². The average molecular weight is 410 g/mol. The van der Waals surface area contributed by atoms with Gasteiger partial charge in [0.05, 0.1) is 11.3 Å². The van der Waals surface area contributed by atoms with E-state index < -0.39 is 15.9 Å². The van der Waals surface area contributed by atoms with Gasteiger partial charge in [-0.1, -0.05) is 29.8 Å². The van der Waals surface area contributed by atoms with Gasteiger partial charge in [-0.3, -0.25) is 10.0 Å². The van der Waals surface area contributed by atoms with Crippen LogP contribution in [0.3, 0.4) is 0 Å². The van der Waals surface area contributed by atoms with Gasteiger partial charge in [0.15, 0.2) is 0 Å². The molecule has 7 nitrogen and oxygen atoms in total. The van der Waals surface area contributed by atoms with Gasteiger partial charge in [-0.2, -0.15) is 4.31 Å². The Morgan fingerprint density at radius 3 is 2.30 bits per heavy atom. The Bertz CT molecular complexity index is 910. The lowest BCUT2D eigenvalue weighted by molar-refractivity contribution is -0.128. The third kappa shape index (κ3) is 4.41. The fourth-order valence-electron chi connectivity index (χ4n) is 3.09. The molecule has 27 heavy (non-hydrogen) atoms. The summed E-state index contributed by atoms with van der Waals surface area (Å²) in [4.78, 5) is 13.7. The second-order valence-electron chi connectivity index (χ2n) is 6.19. The van der Waals surface area contributed by atoms with Gasteiger partial charge in [0.1, 0.15) is 0 Å². The molecule has 3 rings (SSSR count). The van der Waals surface area contributed by atoms with Crippen molar-refractivity contribution in [2.45, 2.75) is 11.3 Å². The van der Waals surface area contributed by atoms with E-state index in [1.54, 1.807) is 18.2 Å². The lowest BCUT2D eigenvalue weighted by Crippen LogP contribution is -2.48. The normalized spacial score (nSPS) is 15.6. The molecule has 1 fully saturated rings. The van der Waals surface area contributed by atoms with Crippen LogP contribution in [0.2, 0.25) is 5.02 Å². The average Bonchev–Trinajstić information content (AvgIpc) is 2.69. The van der Waals surface area contributed by atoms with Crippen molar-refractivity contribution in [1.29, 1.82) is 0 Å². The van der Waals surface area contributed by atoms with Crippen LogP contribution in [0.5, 0.6) is 0 Å². The number of halogens is 1. The van der Waals surface area contributed by atoms with Crippen molar-refractivity contribution in [2.24, 2.45) is 0 Å². The lowest BCUT2D eigenvalue weighted by Gasteiger charge is -2.35. The van der Waals surface area contributed by atoms with Crippen LogP contribution in [-0.4, -0.2) is 50.0 Å². The SMILES string of the molecule is O=C(Cc1ccccc1S(=O)(=O)N1CCN(c2ccc(Cl)cc2)CC1)NO. The standard InChI is InChI=1S/C18H20ClN3O4S/c19-15-5-7-16(8-6-15)21-9-11-22(12-10-21)27(25,26)17-4-2-1-3-14(17)13-18(23)20-24/h1-8,24H,9-13H2,(H,20,23). The van der Waals surface area contributed by atoms with Crippen molar-refractivity contribution in [2.75, 3.05) is 31.1 Å². The second-order valence-corrected chi connectivity index (χ2v) is 8.53. The van der Waals surface area contributed by atoms with Crippen molar-refractivity contribution in [3.63, 3.8) is 0 Å². The number of anilines is 1. The highest BCUT2D eigenvalue weighted by molar-refractivity contribution is 7.89. The molecule has 0 saturated carbocycles. The van der Waals surface area contributed by atoms with Crippen molar-refractivity contribution >= 4 is 33.2 Å². The zero-order chi connectivity index (χ0) is 19.4. The summed E-state index contributed by atoms with van der Waals surface area (Å²) in [7, 11) is -3.73. The third-order valence-electron chi connectivity index (χ3n) is 4.50. The van der Waals surface area contributed by atoms with Crippen molar-refractivity contribution in [3.05, 3.63) is 59.1 Å². The number of hydrogen-bond acceptors (Lipinski definition) is 5. The molecule has 0 spiro atoms. The summed E-state index contributed by atoms with van der Waals surface area (Å²) in [6.45, 7) is 1.79. The zero-order valence-corrected chi connectivity index (χ0v) is 16.1. The molecule has 0 bridgehead atoms. The van der Waals surface area contributed by atoms with E-state index in [9.17, 15) is 13.2 Å². The van der Waals surface area contributed by atoms with Crippen molar-refractivity contribution in [3.8, 4) is 0 Å². The van der Waals surface area contributed by atoms with Gasteiger partial charge in [0.25, 0.3) is 0 Å². The minimum absolute atomic E-state index is 0.0912. The number of nitrogens with one attached hydrogen (secondary N) is 1. The van der Waals surface area contributed by atoms with Gasteiger partial charge in [0, 0.05) is 36.9 Å². The highest BCUT2D eigenvalue weighted by atomic mass is 35.5. The van der Waals surface area contributed by atoms with E-state index in [4.69, 9.17) is 16.8 Å². The minimum Gasteiger partial charge on any atom is -0.369 e. The van der Waals surface area contributed by atoms with Crippen LogP contribution in [0.25, 0.3) is 0 Å². The fraction of sp³-hybridized carbons (Fsp3) is 0.278. The maximum Gasteiger partial charge on any atom is 0.247 e. The Labute approximate surface area is 163 Å². The monoisotopic (exact) mass is 409 g/mol. The lowest BCUT2D eigenvalue weighted by atomic mass is 10.1. The first-order valence-electron chi connectivity index (χ1n) is 8.43. The smallest absolute Gasteiger partial charge is 0.247 e. The minimum atomic E-state index is -3.73.